The summed E-state index contributed by atoms with van der Waals surface area (Å²) in [5.41, 5.74) is 7.70. The lowest BCUT2D eigenvalue weighted by atomic mass is 9.94. The van der Waals surface area contributed by atoms with Crippen LogP contribution in [0.4, 0.5) is 35.1 Å². The van der Waals surface area contributed by atoms with Gasteiger partial charge in [-0.15, -0.1) is 35.7 Å². The number of aryl methyl sites for hydroxylation is 1. The molecule has 7 aromatic heterocycles. The van der Waals surface area contributed by atoms with Crippen LogP contribution >= 0.6 is 150 Å². The van der Waals surface area contributed by atoms with Gasteiger partial charge < -0.3 is 0 Å². The van der Waals surface area contributed by atoms with Crippen LogP contribution in [0.1, 0.15) is 361 Å². The fourth-order valence-electron chi connectivity index (χ4n) is 16.0. The number of nitrogens with zero attached hydrogens (tertiary/aromatic N) is 14. The molecule has 0 saturated heterocycles. The number of carbonyl (C=O) groups excluding carboxylic acids is 7. The predicted molar refractivity (Wildman–Crippen MR) is 541 cm³/mol. The maximum atomic E-state index is 13.9. The van der Waals surface area contributed by atoms with E-state index in [1.165, 1.54) is 95.0 Å². The maximum Gasteiger partial charge on any atom is 0.184 e. The molecule has 143 heavy (non-hydrogen) atoms. The zero-order valence-electron chi connectivity index (χ0n) is 76.8. The molecule has 0 amide bonds. The van der Waals surface area contributed by atoms with Crippen molar-refractivity contribution >= 4 is 191 Å². The summed E-state index contributed by atoms with van der Waals surface area (Å²) in [7, 11) is 0. The molecule has 14 aromatic rings. The highest BCUT2D eigenvalue weighted by molar-refractivity contribution is 7.09. The van der Waals surface area contributed by atoms with Crippen molar-refractivity contribution in [3.63, 3.8) is 0 Å². The van der Waals surface area contributed by atoms with E-state index in [-0.39, 0.29) is 129 Å². The summed E-state index contributed by atoms with van der Waals surface area (Å²) in [6.07, 6.45) is 18.8. The number of rotatable bonds is 35. The Morgan fingerprint density at radius 1 is 0.280 bits per heavy atom. The van der Waals surface area contributed by atoms with E-state index in [1.54, 1.807) is 60.7 Å². The lowest BCUT2D eigenvalue weighted by molar-refractivity contribution is 0.0888. The van der Waals surface area contributed by atoms with Gasteiger partial charge in [-0.25, -0.2) is 35.1 Å². The Morgan fingerprint density at radius 3 is 0.860 bits per heavy atom. The molecule has 0 bridgehead atoms. The van der Waals surface area contributed by atoms with E-state index >= 15 is 0 Å². The molecule has 0 spiro atoms. The van der Waals surface area contributed by atoms with E-state index in [1.807, 2.05) is 20.8 Å². The topological polar surface area (TPSA) is 300 Å². The average Bonchev–Trinajstić information content (AvgIpc) is 1.67. The molecule has 0 N–H and O–H groups in total. The summed E-state index contributed by atoms with van der Waals surface area (Å²) < 4.78 is 137. The second kappa shape index (κ2) is 50.2. The maximum absolute atomic E-state index is 13.9. The lowest BCUT2D eigenvalue weighted by Crippen LogP contribution is -2.11. The minimum absolute atomic E-state index is 0.0117. The second-order valence-corrected chi connectivity index (χ2v) is 43.7. The Balaban J connectivity index is 0.000000126. The molecule has 3 atom stereocenters. The van der Waals surface area contributed by atoms with Crippen molar-refractivity contribution in [3.05, 3.63) is 317 Å². The predicted octanol–water partition coefficient (Wildman–Crippen LogP) is 29.3. The molecule has 746 valence electrons. The highest BCUT2D eigenvalue weighted by Crippen LogP contribution is 2.49. The highest BCUT2D eigenvalue weighted by atomic mass is 35.5. The standard InChI is InChI=1S/4C15H14ClFN2OS.C14H10ClFN2O2S.C14H14ClFN2S.C13H10F2N2OS/c3*1-8(13-10(16)3-2-4-11(13)17)7-12(20)15-14(9-5-6-9)18-19-21-15;16-11-4-2-5-12(17)10(11)3-1-6-13(20)15-14(9-7-8-9)18-19-21-15;15-8-2-1-3-9(16)12(8)10(19)6-11(20)14-13(7-4-5-7)17-18-21-14;15-11-4-2-5-12(16)10(11)3-1-6-13-14(9-7-8-9)17-18-19-13;14-9-2-1-3-10(15)8(9)6-11(18)13-12(7-4-5-7)16-17-19-13/h3*2-4,8-9H,5-7H2,1H3;2,4-5,9H,1,3,6-8H2;1-3,7H,4-6H2;2,4-5,9H,1,3,6-8H2;1-3,7H,4-6H2/t2*8-;;;;;/m10...../s1. The third-order valence-electron chi connectivity index (χ3n) is 24.6. The van der Waals surface area contributed by atoms with E-state index in [4.69, 9.17) is 69.6 Å². The Morgan fingerprint density at radius 2 is 0.538 bits per heavy atom. The number of Topliss-reactive ketones (excluding diaryl/α,β-unsaturated/α-hetero) is 7. The second-order valence-electron chi connectivity index (χ2n) is 35.9. The minimum atomic E-state index is -0.717. The number of halogens is 14. The first-order valence-electron chi connectivity index (χ1n) is 46.4. The Labute approximate surface area is 876 Å². The summed E-state index contributed by atoms with van der Waals surface area (Å²) in [4.78, 5) is 90.6. The van der Waals surface area contributed by atoms with Crippen molar-refractivity contribution < 1.29 is 68.7 Å². The molecular weight excluding hydrogens is 2110 g/mol. The van der Waals surface area contributed by atoms with Gasteiger partial charge >= 0.3 is 0 Å². The van der Waals surface area contributed by atoms with Crippen molar-refractivity contribution in [3.8, 4) is 0 Å². The van der Waals surface area contributed by atoms with Gasteiger partial charge in [0.15, 0.2) is 40.5 Å². The molecule has 1 unspecified atom stereocenters. The van der Waals surface area contributed by atoms with E-state index in [0.29, 0.717) is 155 Å². The van der Waals surface area contributed by atoms with Crippen LogP contribution in [0.5, 0.6) is 0 Å². The molecule has 7 aliphatic carbocycles. The van der Waals surface area contributed by atoms with Gasteiger partial charge in [0.1, 0.15) is 75.8 Å². The quantitative estimate of drug-likeness (QED) is 0.0202. The van der Waals surface area contributed by atoms with E-state index in [0.717, 1.165) is 189 Å². The molecule has 7 aromatic carbocycles. The molecule has 7 aliphatic rings. The van der Waals surface area contributed by atoms with E-state index in [9.17, 15) is 68.7 Å². The van der Waals surface area contributed by atoms with Crippen molar-refractivity contribution in [1.82, 2.24) is 67.1 Å². The van der Waals surface area contributed by atoms with Gasteiger partial charge in [-0.2, -0.15) is 0 Å². The molecule has 21 nitrogen and oxygen atoms in total. The van der Waals surface area contributed by atoms with Gasteiger partial charge in [-0.05, 0) is 305 Å². The largest absolute Gasteiger partial charge is 0.294 e. The molecule has 42 heteroatoms. The Hall–Kier alpha value is -9.67. The summed E-state index contributed by atoms with van der Waals surface area (Å²) in [5, 5.41) is 30.4. The summed E-state index contributed by atoms with van der Waals surface area (Å²) in [5.74, 6) is -3.15. The Kier molecular flexibility index (Phi) is 37.7. The third kappa shape index (κ3) is 28.8. The normalized spacial score (nSPS) is 15.1. The fourth-order valence-corrected chi connectivity index (χ4v) is 22.8. The first-order chi connectivity index (χ1) is 68.9. The van der Waals surface area contributed by atoms with Gasteiger partial charge in [0, 0.05) is 137 Å². The van der Waals surface area contributed by atoms with Crippen LogP contribution in [0.3, 0.4) is 0 Å². The molecule has 7 heterocycles. The lowest BCUT2D eigenvalue weighted by Gasteiger charge is -2.13. The van der Waals surface area contributed by atoms with Crippen LogP contribution in [0, 0.1) is 46.5 Å². The monoisotopic (exact) mass is 2200 g/mol. The van der Waals surface area contributed by atoms with Crippen LogP contribution in [0.2, 0.25) is 30.1 Å². The zero-order valence-corrected chi connectivity index (χ0v) is 87.1. The number of hydrogen-bond acceptors (Lipinski definition) is 28. The van der Waals surface area contributed by atoms with Crippen LogP contribution < -0.4 is 0 Å². The molecule has 0 radical (unpaired) electrons. The average molecular weight is 2200 g/mol. The van der Waals surface area contributed by atoms with Crippen molar-refractivity contribution in [2.75, 3.05) is 0 Å². The number of carbonyl (C=O) groups is 7. The van der Waals surface area contributed by atoms with Crippen molar-refractivity contribution in [1.29, 1.82) is 0 Å². The van der Waals surface area contributed by atoms with Gasteiger partial charge in [0.05, 0.1) is 56.9 Å². The SMILES string of the molecule is CC(CC(=O)c1snnc1C1CC1)c1c(F)cccc1Cl.C[C@@H](CC(=O)c1snnc1C1CC1)c1c(F)cccc1Cl.C[C@H](CC(=O)c1snnc1C1CC1)c1c(F)cccc1Cl.Fc1cccc(Cl)c1CCCc1snnc1C1CC1.O=C(CC(=O)c1c(F)cccc1Cl)c1snnc1C1CC1.O=C(CCCc1c(F)cccc1Cl)c1snnc1C1CC1.O=C(Cc1c(F)cccc1F)c1snnc1C1CC1. The number of aromatic nitrogens is 14. The minimum Gasteiger partial charge on any atom is -0.294 e. The first kappa shape index (κ1) is 108. The van der Waals surface area contributed by atoms with E-state index < -0.39 is 29.7 Å². The third-order valence-corrected chi connectivity index (χ3v) is 32.1. The van der Waals surface area contributed by atoms with Crippen LogP contribution in [0.25, 0.3) is 0 Å². The first-order valence-corrected chi connectivity index (χ1v) is 54.1. The van der Waals surface area contributed by atoms with Crippen LogP contribution in [-0.2, 0) is 25.7 Å². The summed E-state index contributed by atoms with van der Waals surface area (Å²) in [6.45, 7) is 5.44. The van der Waals surface area contributed by atoms with Crippen molar-refractivity contribution in [2.45, 2.75) is 240 Å². The molecular formula is C101H90Cl6F8N14O7S7. The van der Waals surface area contributed by atoms with Gasteiger partial charge in [0.25, 0.3) is 0 Å². The molecule has 7 fully saturated rings. The van der Waals surface area contributed by atoms with Crippen molar-refractivity contribution in [2.24, 2.45) is 0 Å². The molecule has 21 rings (SSSR count). The number of hydrogen-bond donors (Lipinski definition) is 0. The van der Waals surface area contributed by atoms with Crippen LogP contribution in [-0.4, -0.2) is 108 Å². The summed E-state index contributed by atoms with van der Waals surface area (Å²) in [6, 6.07) is 30.8. The Bertz CT molecular complexity index is 6520. The number of benzene rings is 7. The highest BCUT2D eigenvalue weighted by Gasteiger charge is 2.40. The van der Waals surface area contributed by atoms with Crippen LogP contribution in [0.15, 0.2) is 127 Å². The fraction of sp³-hybridized carbons (Fsp3) is 0.376. The molecule has 0 aliphatic heterocycles. The van der Waals surface area contributed by atoms with E-state index in [2.05, 4.69) is 67.1 Å². The zero-order chi connectivity index (χ0) is 101. The van der Waals surface area contributed by atoms with Gasteiger partial charge in [-0.3, -0.25) is 33.6 Å². The summed E-state index contributed by atoms with van der Waals surface area (Å²) >= 11 is 44.0. The number of ketones is 7. The molecule has 7 saturated carbocycles. The van der Waals surface area contributed by atoms with Gasteiger partial charge in [0.2, 0.25) is 0 Å². The smallest absolute Gasteiger partial charge is 0.184 e. The van der Waals surface area contributed by atoms with Gasteiger partial charge in [-0.1, -0.05) is 164 Å².